The maximum Gasteiger partial charge on any atom is 0.417 e. The Morgan fingerprint density at radius 2 is 1.23 bits per heavy atom. The number of ether oxygens (including phenoxy) is 1. The molecule has 0 unspecified atom stereocenters. The fraction of sp³-hybridized carbons (Fsp3) is 0.267. The third-order valence-electron chi connectivity index (χ3n) is 12.8. The number of hydrogen-bond acceptors (Lipinski definition) is 11. The molecule has 20 heteroatoms. The van der Waals surface area contributed by atoms with Crippen LogP contribution in [0.15, 0.2) is 88.1 Å². The van der Waals surface area contributed by atoms with Crippen molar-refractivity contribution in [3.63, 3.8) is 0 Å². The first kappa shape index (κ1) is 43.8. The number of amides is 1. The van der Waals surface area contributed by atoms with E-state index >= 15 is 4.79 Å². The molecule has 0 bridgehead atoms. The fourth-order valence-corrected chi connectivity index (χ4v) is 10.9. The Kier molecular flexibility index (Phi) is 9.27. The number of nitrogens with zero attached hydrogens (tertiary/aromatic N) is 3. The van der Waals surface area contributed by atoms with Gasteiger partial charge in [-0.05, 0) is 75.2 Å². The minimum atomic E-state index is -5.00. The van der Waals surface area contributed by atoms with E-state index in [1.165, 1.54) is 23.1 Å². The van der Waals surface area contributed by atoms with Gasteiger partial charge in [-0.15, -0.1) is 0 Å². The Hall–Kier alpha value is -6.48. The van der Waals surface area contributed by atoms with Crippen molar-refractivity contribution in [2.24, 2.45) is 0 Å². The molecule has 1 aromatic heterocycles. The van der Waals surface area contributed by atoms with Gasteiger partial charge in [-0.25, -0.2) is 9.59 Å². The molecule has 0 fully saturated rings. The molecule has 338 valence electrons. The molecule has 0 atom stereocenters. The molecule has 4 aromatic carbocycles. The van der Waals surface area contributed by atoms with Gasteiger partial charge in [0.1, 0.15) is 34.1 Å². The van der Waals surface area contributed by atoms with E-state index in [9.17, 15) is 53.8 Å². The van der Waals surface area contributed by atoms with E-state index in [1.54, 1.807) is 50.5 Å². The molecule has 0 aliphatic carbocycles. The van der Waals surface area contributed by atoms with E-state index in [-0.39, 0.29) is 67.3 Å². The number of carbonyl (C=O) groups excluding carboxylic acids is 1. The van der Waals surface area contributed by atoms with Gasteiger partial charge in [-0.3, -0.25) is 18.8 Å². The zero-order valence-electron chi connectivity index (χ0n) is 35.2. The van der Waals surface area contributed by atoms with Crippen LogP contribution in [-0.2, 0) is 32.0 Å². The number of halogens is 3. The van der Waals surface area contributed by atoms with Gasteiger partial charge in [0.05, 0.1) is 22.2 Å². The Morgan fingerprint density at radius 3 is 1.71 bits per heavy atom. The van der Waals surface area contributed by atoms with Crippen LogP contribution in [0.3, 0.4) is 0 Å². The van der Waals surface area contributed by atoms with Crippen LogP contribution >= 0.6 is 0 Å². The standard InChI is InChI=1S/C45H38F3N3O12S2/c1-42(2)18-23(20-64(56,57)58)27-13-32-37(16-34(27)49(42)5)62-38-17-35-28(24(21-65(59,60)61)19-43(3,4)50(35)6)14-33(38)44(32)30-10-7-22(41(54)55)11-29(30)40(53)51(44)25-8-9-26-31(45(46,47)48)15-39(52)63-36(26)12-25/h7-19H,20-21H2,1-6H3,(H,54,55)(H,56,57,58)(H,59,60,61). The number of anilines is 3. The van der Waals surface area contributed by atoms with Crippen molar-refractivity contribution < 1.29 is 63.0 Å². The number of alkyl halides is 3. The molecule has 3 N–H and O–H groups in total. The van der Waals surface area contributed by atoms with Crippen molar-refractivity contribution in [1.82, 2.24) is 0 Å². The maximum atomic E-state index is 15.4. The molecule has 5 heterocycles. The van der Waals surface area contributed by atoms with Gasteiger partial charge in [-0.2, -0.15) is 30.0 Å². The lowest BCUT2D eigenvalue weighted by Crippen LogP contribution is -2.49. The predicted molar refractivity (Wildman–Crippen MR) is 234 cm³/mol. The zero-order valence-corrected chi connectivity index (χ0v) is 36.9. The summed E-state index contributed by atoms with van der Waals surface area (Å²) in [5.41, 5.74) is -5.43. The van der Waals surface area contributed by atoms with E-state index < -0.39 is 88.6 Å². The van der Waals surface area contributed by atoms with Crippen molar-refractivity contribution >= 4 is 71.3 Å². The van der Waals surface area contributed by atoms with Crippen molar-refractivity contribution in [2.75, 3.05) is 40.3 Å². The summed E-state index contributed by atoms with van der Waals surface area (Å²) in [6.07, 6.45) is -1.70. The van der Waals surface area contributed by atoms with Crippen molar-refractivity contribution in [2.45, 2.75) is 50.5 Å². The number of benzene rings is 4. The largest absolute Gasteiger partial charge is 0.478 e. The molecule has 4 aliphatic heterocycles. The number of fused-ring (bicyclic) bond motifs is 9. The SMILES string of the molecule is CN1c2cc3c(cc2C(CS(=O)(=O)O)=CC1(C)C)C1(c2cc4c(cc2O3)N(C)C(C)(C)C=C4CS(=O)(=O)O)c2ccc(C(=O)O)cc2C(=O)N1c1ccc2c(C(F)(F)F)cc(=O)oc2c1. The average Bonchev–Trinajstić information content (AvgIpc) is 3.43. The van der Waals surface area contributed by atoms with E-state index in [4.69, 9.17) is 9.15 Å². The molecule has 0 saturated heterocycles. The van der Waals surface area contributed by atoms with Crippen LogP contribution in [0.2, 0.25) is 0 Å². The first-order valence-electron chi connectivity index (χ1n) is 19.8. The summed E-state index contributed by atoms with van der Waals surface area (Å²) in [4.78, 5) is 45.4. The Balaban J connectivity index is 1.46. The Morgan fingerprint density at radius 1 is 0.708 bits per heavy atom. The second kappa shape index (κ2) is 13.8. The van der Waals surface area contributed by atoms with Crippen LogP contribution < -0.4 is 25.1 Å². The highest BCUT2D eigenvalue weighted by atomic mass is 32.2. The van der Waals surface area contributed by atoms with Gasteiger partial charge in [0.15, 0.2) is 0 Å². The van der Waals surface area contributed by atoms with E-state index in [0.29, 0.717) is 17.4 Å². The van der Waals surface area contributed by atoms with E-state index in [1.807, 2.05) is 37.5 Å². The summed E-state index contributed by atoms with van der Waals surface area (Å²) >= 11 is 0. The first-order chi connectivity index (χ1) is 30.0. The van der Waals surface area contributed by atoms with Crippen molar-refractivity contribution in [3.8, 4) is 11.5 Å². The highest BCUT2D eigenvalue weighted by Gasteiger charge is 2.58. The van der Waals surface area contributed by atoms with Crippen LogP contribution in [0.25, 0.3) is 22.1 Å². The minimum absolute atomic E-state index is 0.0954. The smallest absolute Gasteiger partial charge is 0.417 e. The lowest BCUT2D eigenvalue weighted by molar-refractivity contribution is -0.136. The molecule has 0 saturated carbocycles. The van der Waals surface area contributed by atoms with E-state index in [2.05, 4.69) is 0 Å². The molecule has 0 radical (unpaired) electrons. The summed E-state index contributed by atoms with van der Waals surface area (Å²) in [5, 5.41) is 9.63. The third kappa shape index (κ3) is 6.80. The molecular weight excluding hydrogens is 896 g/mol. The molecule has 65 heavy (non-hydrogen) atoms. The van der Waals surface area contributed by atoms with Crippen LogP contribution in [0.1, 0.15) is 81.8 Å². The number of carbonyl (C=O) groups is 2. The van der Waals surface area contributed by atoms with Crippen molar-refractivity contribution in [3.05, 3.63) is 134 Å². The molecule has 9 rings (SSSR count). The molecule has 1 amide bonds. The second-order valence-electron chi connectivity index (χ2n) is 17.6. The van der Waals surface area contributed by atoms with Gasteiger partial charge >= 0.3 is 17.8 Å². The Bertz CT molecular complexity index is 3250. The lowest BCUT2D eigenvalue weighted by Gasteiger charge is -2.47. The van der Waals surface area contributed by atoms with Crippen LogP contribution in [-0.4, -0.2) is 79.6 Å². The van der Waals surface area contributed by atoms with Gasteiger partial charge in [0, 0.05) is 94.2 Å². The van der Waals surface area contributed by atoms with Crippen LogP contribution in [0, 0.1) is 0 Å². The molecule has 4 aliphatic rings. The van der Waals surface area contributed by atoms with Gasteiger partial charge < -0.3 is 24.1 Å². The molecular formula is C45H38F3N3O12S2. The number of carboxylic acids is 1. The quantitative estimate of drug-likeness (QED) is 0.111. The number of hydrogen-bond donors (Lipinski definition) is 3. The second-order valence-corrected chi connectivity index (χ2v) is 20.5. The summed E-state index contributed by atoms with van der Waals surface area (Å²) in [5.74, 6) is -3.76. The maximum absolute atomic E-state index is 15.4. The number of aromatic carboxylic acids is 1. The van der Waals surface area contributed by atoms with Crippen molar-refractivity contribution in [1.29, 1.82) is 0 Å². The number of likely N-dealkylation sites (N-methyl/N-ethyl adjacent to an activating group) is 2. The first-order valence-corrected chi connectivity index (χ1v) is 23.0. The summed E-state index contributed by atoms with van der Waals surface area (Å²) in [6, 6.07) is 13.7. The normalized spacial score (nSPS) is 18.0. The third-order valence-corrected chi connectivity index (χ3v) is 14.1. The highest BCUT2D eigenvalue weighted by Crippen LogP contribution is 2.62. The summed E-state index contributed by atoms with van der Waals surface area (Å²) < 4.78 is 126. The molecule has 1 spiro atoms. The van der Waals surface area contributed by atoms with Crippen LogP contribution in [0.4, 0.5) is 30.2 Å². The lowest BCUT2D eigenvalue weighted by atomic mass is 9.72. The van der Waals surface area contributed by atoms with Gasteiger partial charge in [-0.1, -0.05) is 18.2 Å². The number of carboxylic acid groups (broad SMARTS) is 1. The minimum Gasteiger partial charge on any atom is -0.478 e. The van der Waals surface area contributed by atoms with Gasteiger partial charge in [0.25, 0.3) is 26.1 Å². The number of rotatable bonds is 6. The zero-order chi connectivity index (χ0) is 47.3. The fourth-order valence-electron chi connectivity index (χ4n) is 9.59. The summed E-state index contributed by atoms with van der Waals surface area (Å²) in [6.45, 7) is 7.26. The molecule has 15 nitrogen and oxygen atoms in total. The van der Waals surface area contributed by atoms with E-state index in [0.717, 1.165) is 18.2 Å². The summed E-state index contributed by atoms with van der Waals surface area (Å²) in [7, 11) is -5.85. The Labute approximate surface area is 369 Å². The topological polar surface area (TPSA) is 212 Å². The molecule has 5 aromatic rings. The predicted octanol–water partition coefficient (Wildman–Crippen LogP) is 7.57. The monoisotopic (exact) mass is 933 g/mol. The van der Waals surface area contributed by atoms with Crippen LogP contribution in [0.5, 0.6) is 11.5 Å². The average molecular weight is 934 g/mol. The van der Waals surface area contributed by atoms with Gasteiger partial charge in [0.2, 0.25) is 0 Å². The highest BCUT2D eigenvalue weighted by molar-refractivity contribution is 7.86.